The maximum absolute atomic E-state index is 13.2. The van der Waals surface area contributed by atoms with Crippen LogP contribution in [0.25, 0.3) is 0 Å². The fourth-order valence-corrected chi connectivity index (χ4v) is 3.77. The molecule has 2 aliphatic heterocycles. The average Bonchev–Trinajstić information content (AvgIpc) is 3.23. The molecular weight excluding hydrogens is 389 g/mol. The third-order valence-electron chi connectivity index (χ3n) is 5.44. The van der Waals surface area contributed by atoms with E-state index in [1.54, 1.807) is 40.2 Å². The number of fused-ring (bicyclic) bond motifs is 1. The van der Waals surface area contributed by atoms with Gasteiger partial charge in [-0.1, -0.05) is 17.3 Å². The van der Waals surface area contributed by atoms with Crippen molar-refractivity contribution in [2.24, 2.45) is 0 Å². The number of hydrogen-bond acceptors (Lipinski definition) is 7. The van der Waals surface area contributed by atoms with Crippen LogP contribution in [0.3, 0.4) is 0 Å². The number of halogens is 1. The third kappa shape index (κ3) is 3.50. The van der Waals surface area contributed by atoms with Gasteiger partial charge in [0, 0.05) is 38.6 Å². The van der Waals surface area contributed by atoms with Gasteiger partial charge in [-0.3, -0.25) is 4.79 Å². The number of piperazine rings is 1. The molecule has 10 heteroatoms. The van der Waals surface area contributed by atoms with Crippen molar-refractivity contribution in [2.75, 3.05) is 31.1 Å². The zero-order chi connectivity index (χ0) is 20.5. The van der Waals surface area contributed by atoms with Crippen molar-refractivity contribution in [1.82, 2.24) is 29.9 Å². The van der Waals surface area contributed by atoms with Crippen LogP contribution >= 0.6 is 0 Å². The van der Waals surface area contributed by atoms with Crippen molar-refractivity contribution in [2.45, 2.75) is 19.3 Å². The van der Waals surface area contributed by atoms with Crippen LogP contribution in [0.2, 0.25) is 0 Å². The summed E-state index contributed by atoms with van der Waals surface area (Å²) in [6.07, 6.45) is 3.17. The molecule has 0 saturated carbocycles. The first-order valence-corrected chi connectivity index (χ1v) is 9.80. The van der Waals surface area contributed by atoms with Crippen LogP contribution < -0.4 is 4.90 Å². The molecule has 2 aromatic heterocycles. The van der Waals surface area contributed by atoms with Crippen LogP contribution in [0, 0.1) is 5.82 Å². The van der Waals surface area contributed by atoms with Gasteiger partial charge < -0.3 is 14.5 Å². The molecule has 1 aromatic carbocycles. The lowest BCUT2D eigenvalue weighted by Crippen LogP contribution is -2.49. The van der Waals surface area contributed by atoms with Crippen LogP contribution in [0.4, 0.5) is 10.3 Å². The van der Waals surface area contributed by atoms with Gasteiger partial charge in [0.1, 0.15) is 11.9 Å². The number of amides is 1. The van der Waals surface area contributed by atoms with E-state index in [1.807, 2.05) is 0 Å². The van der Waals surface area contributed by atoms with E-state index in [2.05, 4.69) is 25.2 Å². The Labute approximate surface area is 172 Å². The monoisotopic (exact) mass is 409 g/mol. The summed E-state index contributed by atoms with van der Waals surface area (Å²) >= 11 is 0. The van der Waals surface area contributed by atoms with E-state index < -0.39 is 0 Å². The van der Waals surface area contributed by atoms with E-state index in [1.165, 1.54) is 12.1 Å². The van der Waals surface area contributed by atoms with Crippen molar-refractivity contribution < 1.29 is 13.9 Å². The number of carbonyl (C=O) groups excluding carboxylic acids is 1. The van der Waals surface area contributed by atoms with Crippen LogP contribution in [-0.4, -0.2) is 61.9 Å². The van der Waals surface area contributed by atoms with Gasteiger partial charge in [0.15, 0.2) is 5.69 Å². The van der Waals surface area contributed by atoms with Gasteiger partial charge in [0.25, 0.3) is 5.91 Å². The molecule has 1 saturated heterocycles. The quantitative estimate of drug-likeness (QED) is 0.647. The van der Waals surface area contributed by atoms with E-state index in [9.17, 15) is 9.18 Å². The van der Waals surface area contributed by atoms with Crippen LogP contribution in [0.15, 0.2) is 42.7 Å². The number of aromatic nitrogens is 5. The minimum Gasteiger partial charge on any atom is -0.365 e. The van der Waals surface area contributed by atoms with Crippen molar-refractivity contribution >= 4 is 11.9 Å². The molecule has 4 heterocycles. The predicted octanol–water partition coefficient (Wildman–Crippen LogP) is 1.44. The summed E-state index contributed by atoms with van der Waals surface area (Å²) in [4.78, 5) is 25.4. The molecule has 1 amide bonds. The molecule has 0 N–H and O–H groups in total. The van der Waals surface area contributed by atoms with Crippen LogP contribution in [-0.2, 0) is 17.9 Å². The number of ether oxygens (including phenoxy) is 1. The van der Waals surface area contributed by atoms with Gasteiger partial charge in [-0.25, -0.2) is 19.0 Å². The molecule has 0 spiro atoms. The maximum Gasteiger partial charge on any atom is 0.276 e. The summed E-state index contributed by atoms with van der Waals surface area (Å²) in [5, 5.41) is 8.30. The molecule has 154 valence electrons. The molecule has 1 fully saturated rings. The zero-order valence-corrected chi connectivity index (χ0v) is 16.2. The van der Waals surface area contributed by atoms with Crippen molar-refractivity contribution in [3.8, 4) is 0 Å². The first-order chi connectivity index (χ1) is 14.7. The Hall–Kier alpha value is -3.40. The second-order valence-electron chi connectivity index (χ2n) is 7.25. The van der Waals surface area contributed by atoms with Gasteiger partial charge in [-0.15, -0.1) is 5.10 Å². The Morgan fingerprint density at radius 3 is 2.53 bits per heavy atom. The van der Waals surface area contributed by atoms with Gasteiger partial charge in [-0.2, -0.15) is 0 Å². The molecule has 9 nitrogen and oxygen atoms in total. The second-order valence-corrected chi connectivity index (χ2v) is 7.25. The molecule has 2 aliphatic rings. The number of carbonyl (C=O) groups is 1. The van der Waals surface area contributed by atoms with E-state index >= 15 is 0 Å². The highest BCUT2D eigenvalue weighted by molar-refractivity contribution is 5.93. The SMILES string of the molecule is O=C(c1nnn2c1COC(c1ccc(F)cc1)C2)N1CCN(c2ncccn2)CC1. The Balaban J connectivity index is 1.26. The lowest BCUT2D eigenvalue weighted by Gasteiger charge is -2.34. The zero-order valence-electron chi connectivity index (χ0n) is 16.2. The Morgan fingerprint density at radius 1 is 1.07 bits per heavy atom. The molecule has 5 rings (SSSR count). The van der Waals surface area contributed by atoms with E-state index in [0.717, 1.165) is 5.56 Å². The number of hydrogen-bond donors (Lipinski definition) is 0. The highest BCUT2D eigenvalue weighted by atomic mass is 19.1. The lowest BCUT2D eigenvalue weighted by molar-refractivity contribution is -0.00199. The van der Waals surface area contributed by atoms with Crippen molar-refractivity contribution in [1.29, 1.82) is 0 Å². The Bertz CT molecular complexity index is 1030. The standard InChI is InChI=1S/C20H20FN7O2/c21-15-4-2-14(3-5-15)17-12-28-16(13-30-17)18(24-25-28)19(29)26-8-10-27(11-9-26)20-22-6-1-7-23-20/h1-7,17H,8-13H2. The topological polar surface area (TPSA) is 89.3 Å². The molecule has 30 heavy (non-hydrogen) atoms. The first kappa shape index (κ1) is 18.6. The van der Waals surface area contributed by atoms with E-state index in [0.29, 0.717) is 50.1 Å². The fourth-order valence-electron chi connectivity index (χ4n) is 3.77. The average molecular weight is 409 g/mol. The first-order valence-electron chi connectivity index (χ1n) is 9.80. The molecule has 3 aromatic rings. The normalized spacial score (nSPS) is 18.9. The maximum atomic E-state index is 13.2. The second kappa shape index (κ2) is 7.79. The smallest absolute Gasteiger partial charge is 0.276 e. The highest BCUT2D eigenvalue weighted by Crippen LogP contribution is 2.27. The predicted molar refractivity (Wildman–Crippen MR) is 104 cm³/mol. The van der Waals surface area contributed by atoms with Crippen molar-refractivity contribution in [3.05, 3.63) is 65.5 Å². The molecule has 0 bridgehead atoms. The summed E-state index contributed by atoms with van der Waals surface area (Å²) < 4.78 is 20.8. The summed E-state index contributed by atoms with van der Waals surface area (Å²) in [6.45, 7) is 3.09. The van der Waals surface area contributed by atoms with Gasteiger partial charge in [0.05, 0.1) is 18.8 Å². The minimum atomic E-state index is -0.289. The summed E-state index contributed by atoms with van der Waals surface area (Å²) in [5.41, 5.74) is 1.87. The number of rotatable bonds is 3. The largest absolute Gasteiger partial charge is 0.365 e. The highest BCUT2D eigenvalue weighted by Gasteiger charge is 2.31. The molecular formula is C20H20FN7O2. The third-order valence-corrected chi connectivity index (χ3v) is 5.44. The Morgan fingerprint density at radius 2 is 1.80 bits per heavy atom. The lowest BCUT2D eigenvalue weighted by atomic mass is 10.1. The summed E-state index contributed by atoms with van der Waals surface area (Å²) in [6, 6.07) is 7.99. The fraction of sp³-hybridized carbons (Fsp3) is 0.350. The molecule has 0 aliphatic carbocycles. The molecule has 1 atom stereocenters. The van der Waals surface area contributed by atoms with E-state index in [-0.39, 0.29) is 24.4 Å². The summed E-state index contributed by atoms with van der Waals surface area (Å²) in [5.74, 6) is 0.238. The number of anilines is 1. The number of nitrogens with zero attached hydrogens (tertiary/aromatic N) is 7. The van der Waals surface area contributed by atoms with Gasteiger partial charge >= 0.3 is 0 Å². The van der Waals surface area contributed by atoms with Crippen LogP contribution in [0.5, 0.6) is 0 Å². The summed E-state index contributed by atoms with van der Waals surface area (Å²) in [7, 11) is 0. The van der Waals surface area contributed by atoms with Gasteiger partial charge in [0.2, 0.25) is 5.95 Å². The van der Waals surface area contributed by atoms with Gasteiger partial charge in [-0.05, 0) is 23.8 Å². The molecule has 1 unspecified atom stereocenters. The Kier molecular flexibility index (Phi) is 4.83. The van der Waals surface area contributed by atoms with Crippen LogP contribution in [0.1, 0.15) is 27.8 Å². The number of benzene rings is 1. The molecule has 0 radical (unpaired) electrons. The van der Waals surface area contributed by atoms with E-state index in [4.69, 9.17) is 4.74 Å². The minimum absolute atomic E-state index is 0.145. The van der Waals surface area contributed by atoms with Crippen molar-refractivity contribution in [3.63, 3.8) is 0 Å².